The monoisotopic (exact) mass is 230 g/mol. The molecule has 1 fully saturated rings. The lowest BCUT2D eigenvalue weighted by Crippen LogP contribution is -2.43. The van der Waals surface area contributed by atoms with Crippen LogP contribution < -0.4 is 5.32 Å². The maximum Gasteiger partial charge on any atom is 0.184 e. The molecule has 2 aromatic rings. The number of phenolic OH excluding ortho intramolecular Hbond substituents is 1. The Hall–Kier alpha value is -1.88. The summed E-state index contributed by atoms with van der Waals surface area (Å²) >= 11 is 0. The summed E-state index contributed by atoms with van der Waals surface area (Å²) in [6.45, 7) is 2.10. The number of phenols is 1. The molecule has 0 aliphatic carbocycles. The molecular weight excluding hydrogens is 216 g/mol. The zero-order chi connectivity index (χ0) is 11.7. The number of H-pyrrole nitrogens is 1. The topological polar surface area (TPSA) is 73.8 Å². The molecule has 1 aliphatic heterocycles. The summed E-state index contributed by atoms with van der Waals surface area (Å²) in [6.07, 6.45) is 0.910. The Morgan fingerprint density at radius 2 is 2.12 bits per heavy atom. The lowest BCUT2D eigenvalue weighted by atomic mass is 9.99. The Bertz CT molecular complexity index is 519. The lowest BCUT2D eigenvalue weighted by molar-refractivity contribution is 0.341. The molecule has 3 rings (SSSR count). The summed E-state index contributed by atoms with van der Waals surface area (Å²) < 4.78 is 0. The number of hydrogen-bond donors (Lipinski definition) is 3. The van der Waals surface area contributed by atoms with Gasteiger partial charge in [0.25, 0.3) is 0 Å². The third kappa shape index (κ3) is 2.01. The van der Waals surface area contributed by atoms with Gasteiger partial charge in [-0.2, -0.15) is 5.10 Å². The molecule has 0 bridgehead atoms. The quantitative estimate of drug-likeness (QED) is 0.733. The number of aromatic nitrogens is 3. The first kappa shape index (κ1) is 10.3. The predicted octanol–water partition coefficient (Wildman–Crippen LogP) is 0.939. The van der Waals surface area contributed by atoms with Crippen molar-refractivity contribution in [3.63, 3.8) is 0 Å². The number of aromatic amines is 1. The van der Waals surface area contributed by atoms with Crippen LogP contribution in [-0.4, -0.2) is 33.4 Å². The van der Waals surface area contributed by atoms with Gasteiger partial charge in [-0.05, 0) is 31.1 Å². The van der Waals surface area contributed by atoms with Crippen LogP contribution in [0.25, 0.3) is 11.4 Å². The molecule has 0 spiro atoms. The molecule has 1 saturated heterocycles. The predicted molar refractivity (Wildman–Crippen MR) is 63.5 cm³/mol. The van der Waals surface area contributed by atoms with E-state index < -0.39 is 0 Å². The van der Waals surface area contributed by atoms with Gasteiger partial charge in [-0.1, -0.05) is 12.1 Å². The van der Waals surface area contributed by atoms with Crippen LogP contribution in [0.5, 0.6) is 5.75 Å². The van der Waals surface area contributed by atoms with E-state index in [2.05, 4.69) is 20.5 Å². The summed E-state index contributed by atoms with van der Waals surface area (Å²) in [6, 6.07) is 7.10. The van der Waals surface area contributed by atoms with Gasteiger partial charge in [0, 0.05) is 6.42 Å². The highest BCUT2D eigenvalue weighted by Gasteiger charge is 2.19. The van der Waals surface area contributed by atoms with Crippen molar-refractivity contribution in [3.8, 4) is 17.1 Å². The van der Waals surface area contributed by atoms with Gasteiger partial charge in [-0.15, -0.1) is 0 Å². The van der Waals surface area contributed by atoms with Crippen molar-refractivity contribution in [3.05, 3.63) is 30.1 Å². The fourth-order valence-corrected chi connectivity index (χ4v) is 1.94. The van der Waals surface area contributed by atoms with Gasteiger partial charge in [0.15, 0.2) is 5.82 Å². The number of hydrogen-bond acceptors (Lipinski definition) is 4. The van der Waals surface area contributed by atoms with E-state index >= 15 is 0 Å². The highest BCUT2D eigenvalue weighted by Crippen LogP contribution is 2.25. The Morgan fingerprint density at radius 3 is 2.82 bits per heavy atom. The molecule has 5 nitrogen and oxygen atoms in total. The van der Waals surface area contributed by atoms with Crippen molar-refractivity contribution in [2.45, 2.75) is 6.42 Å². The van der Waals surface area contributed by atoms with Crippen LogP contribution >= 0.6 is 0 Å². The summed E-state index contributed by atoms with van der Waals surface area (Å²) in [5, 5.41) is 20.0. The molecule has 0 saturated carbocycles. The third-order valence-corrected chi connectivity index (χ3v) is 3.02. The zero-order valence-electron chi connectivity index (χ0n) is 9.35. The van der Waals surface area contributed by atoms with Gasteiger partial charge >= 0.3 is 0 Å². The minimum Gasteiger partial charge on any atom is -0.507 e. The maximum atomic E-state index is 9.71. The first-order valence-electron chi connectivity index (χ1n) is 5.73. The van der Waals surface area contributed by atoms with E-state index in [0.29, 0.717) is 17.3 Å². The minimum atomic E-state index is 0.211. The molecule has 5 heteroatoms. The Morgan fingerprint density at radius 1 is 1.29 bits per heavy atom. The molecule has 0 radical (unpaired) electrons. The van der Waals surface area contributed by atoms with Crippen molar-refractivity contribution in [1.29, 1.82) is 0 Å². The average Bonchev–Trinajstić information content (AvgIpc) is 2.73. The highest BCUT2D eigenvalue weighted by atomic mass is 16.3. The van der Waals surface area contributed by atoms with Gasteiger partial charge in [0.1, 0.15) is 11.6 Å². The second-order valence-corrected chi connectivity index (χ2v) is 4.35. The number of aromatic hydroxyl groups is 1. The fourth-order valence-electron chi connectivity index (χ4n) is 1.94. The molecule has 1 aromatic carbocycles. The molecule has 0 unspecified atom stereocenters. The molecular formula is C12H14N4O. The molecule has 2 heterocycles. The van der Waals surface area contributed by atoms with Crippen LogP contribution in [-0.2, 0) is 6.42 Å². The summed E-state index contributed by atoms with van der Waals surface area (Å²) in [5.74, 6) is 2.31. The fraction of sp³-hybridized carbons (Fsp3) is 0.333. The van der Waals surface area contributed by atoms with Gasteiger partial charge in [-0.25, -0.2) is 4.98 Å². The number of benzene rings is 1. The molecule has 0 atom stereocenters. The van der Waals surface area contributed by atoms with E-state index in [-0.39, 0.29) is 5.75 Å². The van der Waals surface area contributed by atoms with Crippen LogP contribution in [0.4, 0.5) is 0 Å². The zero-order valence-corrected chi connectivity index (χ0v) is 9.35. The molecule has 3 N–H and O–H groups in total. The number of nitrogens with zero attached hydrogens (tertiary/aromatic N) is 2. The minimum absolute atomic E-state index is 0.211. The first-order valence-corrected chi connectivity index (χ1v) is 5.73. The van der Waals surface area contributed by atoms with E-state index in [4.69, 9.17) is 0 Å². The van der Waals surface area contributed by atoms with Crippen LogP contribution in [0.15, 0.2) is 24.3 Å². The second kappa shape index (κ2) is 4.18. The van der Waals surface area contributed by atoms with Crippen LogP contribution in [0.2, 0.25) is 0 Å². The van der Waals surface area contributed by atoms with Gasteiger partial charge < -0.3 is 10.4 Å². The smallest absolute Gasteiger partial charge is 0.184 e. The van der Waals surface area contributed by atoms with Crippen LogP contribution in [0.1, 0.15) is 5.82 Å². The van der Waals surface area contributed by atoms with Crippen molar-refractivity contribution in [1.82, 2.24) is 20.5 Å². The van der Waals surface area contributed by atoms with Gasteiger partial charge in [0.2, 0.25) is 0 Å². The SMILES string of the molecule is Oc1ccccc1-c1n[nH]c(CC2CNC2)n1. The lowest BCUT2D eigenvalue weighted by Gasteiger charge is -2.25. The molecule has 1 aliphatic rings. The number of rotatable bonds is 3. The van der Waals surface area contributed by atoms with Crippen molar-refractivity contribution >= 4 is 0 Å². The van der Waals surface area contributed by atoms with E-state index in [1.165, 1.54) is 0 Å². The highest BCUT2D eigenvalue weighted by molar-refractivity contribution is 5.62. The van der Waals surface area contributed by atoms with E-state index in [1.54, 1.807) is 12.1 Å². The molecule has 17 heavy (non-hydrogen) atoms. The normalized spacial score (nSPS) is 15.8. The summed E-state index contributed by atoms with van der Waals surface area (Å²) in [4.78, 5) is 4.41. The van der Waals surface area contributed by atoms with Crippen LogP contribution in [0, 0.1) is 5.92 Å². The van der Waals surface area contributed by atoms with E-state index in [0.717, 1.165) is 25.3 Å². The second-order valence-electron chi connectivity index (χ2n) is 4.35. The average molecular weight is 230 g/mol. The number of nitrogens with one attached hydrogen (secondary N) is 2. The molecule has 88 valence electrons. The summed E-state index contributed by atoms with van der Waals surface area (Å²) in [7, 11) is 0. The Balaban J connectivity index is 1.82. The van der Waals surface area contributed by atoms with Crippen LogP contribution in [0.3, 0.4) is 0 Å². The molecule has 0 amide bonds. The maximum absolute atomic E-state index is 9.71. The molecule has 1 aromatic heterocycles. The van der Waals surface area contributed by atoms with E-state index in [9.17, 15) is 5.11 Å². The van der Waals surface area contributed by atoms with Gasteiger partial charge in [0.05, 0.1) is 5.56 Å². The Labute approximate surface area is 98.9 Å². The number of para-hydroxylation sites is 1. The largest absolute Gasteiger partial charge is 0.507 e. The van der Waals surface area contributed by atoms with E-state index in [1.807, 2.05) is 12.1 Å². The first-order chi connectivity index (χ1) is 8.33. The Kier molecular flexibility index (Phi) is 2.53. The standard InChI is InChI=1S/C12H14N4O/c17-10-4-2-1-3-9(10)12-14-11(15-16-12)5-8-6-13-7-8/h1-4,8,13,17H,5-7H2,(H,14,15,16). The van der Waals surface area contributed by atoms with Crippen molar-refractivity contribution < 1.29 is 5.11 Å². The van der Waals surface area contributed by atoms with Crippen molar-refractivity contribution in [2.24, 2.45) is 5.92 Å². The van der Waals surface area contributed by atoms with Crippen molar-refractivity contribution in [2.75, 3.05) is 13.1 Å². The third-order valence-electron chi connectivity index (χ3n) is 3.02. The summed E-state index contributed by atoms with van der Waals surface area (Å²) in [5.41, 5.74) is 0.668. The van der Waals surface area contributed by atoms with Gasteiger partial charge in [-0.3, -0.25) is 5.10 Å².